The Morgan fingerprint density at radius 2 is 2.22 bits per heavy atom. The van der Waals surface area contributed by atoms with E-state index in [0.29, 0.717) is 5.92 Å². The Morgan fingerprint density at radius 1 is 1.56 bits per heavy atom. The summed E-state index contributed by atoms with van der Waals surface area (Å²) in [6, 6.07) is 0. The second kappa shape index (κ2) is 4.18. The van der Waals surface area contributed by atoms with Gasteiger partial charge >= 0.3 is 0 Å². The van der Waals surface area contributed by atoms with Crippen molar-refractivity contribution >= 4 is 0 Å². The van der Waals surface area contributed by atoms with Gasteiger partial charge in [-0.1, -0.05) is 32.1 Å². The van der Waals surface area contributed by atoms with Gasteiger partial charge in [-0.15, -0.1) is 0 Å². The fourth-order valence-corrected chi connectivity index (χ4v) is 0.541. The van der Waals surface area contributed by atoms with Crippen LogP contribution in [0.5, 0.6) is 0 Å². The Labute approximate surface area is 80.3 Å². The van der Waals surface area contributed by atoms with Crippen molar-refractivity contribution in [3.05, 3.63) is 18.2 Å². The van der Waals surface area contributed by atoms with E-state index in [0.717, 1.165) is 5.69 Å². The van der Waals surface area contributed by atoms with Gasteiger partial charge in [0, 0.05) is 32.7 Å². The zero-order valence-corrected chi connectivity index (χ0v) is 8.54. The van der Waals surface area contributed by atoms with Crippen LogP contribution in [0.2, 0.25) is 0 Å². The molecule has 1 rings (SSSR count). The summed E-state index contributed by atoms with van der Waals surface area (Å²) < 4.78 is 0. The number of imidazole rings is 1. The van der Waals surface area contributed by atoms with Crippen molar-refractivity contribution in [2.75, 3.05) is 0 Å². The van der Waals surface area contributed by atoms with E-state index in [2.05, 4.69) is 23.8 Å². The van der Waals surface area contributed by atoms with Crippen LogP contribution < -0.4 is 4.98 Å². The van der Waals surface area contributed by atoms with Gasteiger partial charge < -0.3 is 9.97 Å². The van der Waals surface area contributed by atoms with Gasteiger partial charge in [0.15, 0.2) is 0 Å². The summed E-state index contributed by atoms with van der Waals surface area (Å²) in [4.78, 5) is 7.84. The standard InChI is InChI=1S/C6H9N2.Y/c1-5(2)6-3-7-4-8-6;/h3-5H,1-2H3;/q-1;. The van der Waals surface area contributed by atoms with Crippen LogP contribution in [0.25, 0.3) is 0 Å². The van der Waals surface area contributed by atoms with Crippen LogP contribution in [0.1, 0.15) is 25.5 Å². The normalized spacial score (nSPS) is 9.22. The molecule has 0 unspecified atom stereocenters. The molecular formula is C6H9N2Y-. The van der Waals surface area contributed by atoms with E-state index >= 15 is 0 Å². The van der Waals surface area contributed by atoms with Gasteiger partial charge in [-0.25, -0.2) is 0 Å². The Kier molecular flexibility index (Phi) is 4.33. The summed E-state index contributed by atoms with van der Waals surface area (Å²) in [6.07, 6.45) is 3.38. The first-order valence-corrected chi connectivity index (χ1v) is 2.73. The Morgan fingerprint density at radius 3 is 2.44 bits per heavy atom. The molecule has 2 nitrogen and oxygen atoms in total. The van der Waals surface area contributed by atoms with E-state index in [1.807, 2.05) is 0 Å². The van der Waals surface area contributed by atoms with Crippen LogP contribution in [-0.4, -0.2) is 4.98 Å². The molecule has 1 heterocycles. The molecule has 0 atom stereocenters. The first kappa shape index (κ1) is 9.31. The smallest absolute Gasteiger partial charge is 0 e. The summed E-state index contributed by atoms with van der Waals surface area (Å²) in [5.74, 6) is 0.512. The molecule has 0 N–H and O–H groups in total. The topological polar surface area (TPSA) is 27.0 Å². The second-order valence-electron chi connectivity index (χ2n) is 2.10. The molecule has 47 valence electrons. The van der Waals surface area contributed by atoms with Gasteiger partial charge in [0.25, 0.3) is 0 Å². The molecule has 0 saturated carbocycles. The van der Waals surface area contributed by atoms with Crippen LogP contribution in [0.3, 0.4) is 0 Å². The van der Waals surface area contributed by atoms with Crippen LogP contribution in [0, 0.1) is 0 Å². The minimum atomic E-state index is 0. The fraction of sp³-hybridized carbons (Fsp3) is 0.500. The average Bonchev–Trinajstić information content (AvgIpc) is 2.12. The molecule has 1 aromatic heterocycles. The Bertz CT molecular complexity index is 146. The first-order valence-electron chi connectivity index (χ1n) is 2.73. The van der Waals surface area contributed by atoms with E-state index in [1.54, 1.807) is 12.5 Å². The van der Waals surface area contributed by atoms with E-state index in [1.165, 1.54) is 0 Å². The number of aromatic nitrogens is 2. The van der Waals surface area contributed by atoms with E-state index in [9.17, 15) is 0 Å². The molecule has 0 spiro atoms. The van der Waals surface area contributed by atoms with Crippen LogP contribution in [0.4, 0.5) is 0 Å². The molecule has 1 aromatic rings. The molecule has 1 radical (unpaired) electrons. The Hall–Kier alpha value is 0.314. The quantitative estimate of drug-likeness (QED) is 0.676. The summed E-state index contributed by atoms with van der Waals surface area (Å²) in [5, 5.41) is 0. The molecule has 0 bridgehead atoms. The largest absolute Gasteiger partial charge is 0.450 e. The third kappa shape index (κ3) is 2.59. The van der Waals surface area contributed by atoms with Crippen molar-refractivity contribution in [1.29, 1.82) is 0 Å². The van der Waals surface area contributed by atoms with Gasteiger partial charge in [0.2, 0.25) is 0 Å². The zero-order valence-electron chi connectivity index (χ0n) is 5.70. The third-order valence-electron chi connectivity index (χ3n) is 1.07. The predicted molar refractivity (Wildman–Crippen MR) is 31.6 cm³/mol. The molecule has 0 aliphatic carbocycles. The summed E-state index contributed by atoms with van der Waals surface area (Å²) >= 11 is 0. The fourth-order valence-electron chi connectivity index (χ4n) is 0.541. The molecule has 0 amide bonds. The molecule has 0 saturated heterocycles. The first-order chi connectivity index (χ1) is 3.80. The maximum Gasteiger partial charge on any atom is 0 e. The monoisotopic (exact) mass is 198 g/mol. The van der Waals surface area contributed by atoms with Gasteiger partial charge in [0.05, 0.1) is 0 Å². The van der Waals surface area contributed by atoms with E-state index in [4.69, 9.17) is 0 Å². The van der Waals surface area contributed by atoms with Crippen molar-refractivity contribution in [3.8, 4) is 0 Å². The van der Waals surface area contributed by atoms with Gasteiger partial charge in [-0.05, 0) is 5.92 Å². The van der Waals surface area contributed by atoms with E-state index < -0.39 is 0 Å². The van der Waals surface area contributed by atoms with Crippen molar-refractivity contribution in [2.45, 2.75) is 19.8 Å². The van der Waals surface area contributed by atoms with Crippen molar-refractivity contribution < 1.29 is 32.7 Å². The number of nitrogens with zero attached hydrogens (tertiary/aromatic N) is 2. The number of hydrogen-bond acceptors (Lipinski definition) is 1. The number of hydrogen-bond donors (Lipinski definition) is 0. The molecule has 0 aromatic carbocycles. The summed E-state index contributed by atoms with van der Waals surface area (Å²) in [5.41, 5.74) is 1.07. The van der Waals surface area contributed by atoms with Crippen LogP contribution in [-0.2, 0) is 32.7 Å². The average molecular weight is 198 g/mol. The summed E-state index contributed by atoms with van der Waals surface area (Å²) in [6.45, 7) is 4.20. The molecule has 0 aliphatic rings. The Balaban J connectivity index is 0.000000640. The zero-order chi connectivity index (χ0) is 5.98. The van der Waals surface area contributed by atoms with E-state index in [-0.39, 0.29) is 32.7 Å². The van der Waals surface area contributed by atoms with Crippen LogP contribution >= 0.6 is 0 Å². The second-order valence-corrected chi connectivity index (χ2v) is 2.10. The van der Waals surface area contributed by atoms with Gasteiger partial charge in [-0.3, -0.25) is 0 Å². The SMILES string of the molecule is CC(C)c1cnc[n-]1.[Y]. The maximum absolute atomic E-state index is 4.00. The van der Waals surface area contributed by atoms with Gasteiger partial charge in [-0.2, -0.15) is 0 Å². The minimum Gasteiger partial charge on any atom is -0.450 e. The predicted octanol–water partition coefficient (Wildman–Crippen LogP) is 1.16. The van der Waals surface area contributed by atoms with Crippen molar-refractivity contribution in [2.24, 2.45) is 0 Å². The summed E-state index contributed by atoms with van der Waals surface area (Å²) in [7, 11) is 0. The molecular weight excluding hydrogens is 189 g/mol. The molecule has 0 fully saturated rings. The molecule has 9 heavy (non-hydrogen) atoms. The van der Waals surface area contributed by atoms with Crippen molar-refractivity contribution in [1.82, 2.24) is 9.97 Å². The van der Waals surface area contributed by atoms with Gasteiger partial charge in [0.1, 0.15) is 0 Å². The maximum atomic E-state index is 4.00. The van der Waals surface area contributed by atoms with Crippen molar-refractivity contribution in [3.63, 3.8) is 0 Å². The van der Waals surface area contributed by atoms with Crippen LogP contribution in [0.15, 0.2) is 12.5 Å². The minimum absolute atomic E-state index is 0. The molecule has 0 aliphatic heterocycles. The number of rotatable bonds is 1. The molecule has 3 heteroatoms. The third-order valence-corrected chi connectivity index (χ3v) is 1.07.